The van der Waals surface area contributed by atoms with Gasteiger partial charge in [-0.3, -0.25) is 0 Å². The largest absolute Gasteiger partial charge is 0.393 e. The number of fused-ring (bicyclic) bond motifs is 5. The predicted octanol–water partition coefficient (Wildman–Crippen LogP) is 5.22. The third kappa shape index (κ3) is 2.92. The van der Waals surface area contributed by atoms with Gasteiger partial charge in [0.25, 0.3) is 0 Å². The van der Waals surface area contributed by atoms with Crippen LogP contribution in [0.25, 0.3) is 0 Å². The molecule has 6 unspecified atom stereocenters. The zero-order chi connectivity index (χ0) is 18.4. The first kappa shape index (κ1) is 18.7. The number of nitrogens with two attached hydrogens (primary N) is 1. The first-order valence-electron chi connectivity index (χ1n) is 11.2. The van der Waals surface area contributed by atoms with Gasteiger partial charge in [-0.1, -0.05) is 37.6 Å². The van der Waals surface area contributed by atoms with Crippen LogP contribution in [0.15, 0.2) is 23.8 Å². The van der Waals surface area contributed by atoms with Crippen LogP contribution >= 0.6 is 0 Å². The van der Waals surface area contributed by atoms with E-state index in [-0.39, 0.29) is 11.5 Å². The zero-order valence-electron chi connectivity index (χ0n) is 16.9. The molecule has 0 bridgehead atoms. The lowest BCUT2D eigenvalue weighted by molar-refractivity contribution is -0.0742. The Morgan fingerprint density at radius 3 is 2.77 bits per heavy atom. The maximum Gasteiger partial charge on any atom is 0.0596 e. The SMILES string of the molecule is CC12CC[C@@H](/C=C/CCCN)C=C1CCC1C2CCC2(C)C(O)CCC12. The standard InChI is InChI=1S/C24H39NO/c1-23-13-11-17(6-4-3-5-15-25)16-18(23)7-8-19-20-9-10-22(26)24(20,2)14-12-21(19)23/h4,6,16-17,19-22,26H,3,5,7-15,25H2,1-2H3/b6-4+/t17-,19?,20?,21?,22?,23?,24?/m1/s1. The van der Waals surface area contributed by atoms with E-state index in [1.807, 2.05) is 0 Å². The molecule has 4 aliphatic rings. The monoisotopic (exact) mass is 357 g/mol. The fraction of sp³-hybridized carbons (Fsp3) is 0.833. The molecule has 4 aliphatic carbocycles. The molecule has 0 radical (unpaired) electrons. The Hall–Kier alpha value is -0.600. The molecule has 0 aliphatic heterocycles. The molecule has 0 aromatic carbocycles. The first-order valence-corrected chi connectivity index (χ1v) is 11.2. The maximum absolute atomic E-state index is 10.6. The predicted molar refractivity (Wildman–Crippen MR) is 109 cm³/mol. The van der Waals surface area contributed by atoms with Crippen LogP contribution in [-0.4, -0.2) is 17.8 Å². The smallest absolute Gasteiger partial charge is 0.0596 e. The highest BCUT2D eigenvalue weighted by Crippen LogP contribution is 2.65. The fourth-order valence-corrected chi connectivity index (χ4v) is 7.39. The summed E-state index contributed by atoms with van der Waals surface area (Å²) >= 11 is 0. The lowest BCUT2D eigenvalue weighted by Gasteiger charge is -2.58. The summed E-state index contributed by atoms with van der Waals surface area (Å²) < 4.78 is 0. The maximum atomic E-state index is 10.6. The second-order valence-electron chi connectivity index (χ2n) is 10.2. The molecule has 0 spiro atoms. The van der Waals surface area contributed by atoms with Gasteiger partial charge < -0.3 is 10.8 Å². The van der Waals surface area contributed by atoms with Crippen LogP contribution in [0.2, 0.25) is 0 Å². The van der Waals surface area contributed by atoms with Gasteiger partial charge in [-0.25, -0.2) is 0 Å². The van der Waals surface area contributed by atoms with Crippen molar-refractivity contribution in [2.24, 2.45) is 40.2 Å². The highest BCUT2D eigenvalue weighted by atomic mass is 16.3. The molecule has 7 atom stereocenters. The average Bonchev–Trinajstić information content (AvgIpc) is 2.94. The second-order valence-corrected chi connectivity index (χ2v) is 10.2. The summed E-state index contributed by atoms with van der Waals surface area (Å²) in [6, 6.07) is 0. The number of aliphatic hydroxyl groups excluding tert-OH is 1. The molecule has 3 fully saturated rings. The molecule has 0 heterocycles. The van der Waals surface area contributed by atoms with Gasteiger partial charge in [-0.05, 0) is 105 Å². The number of unbranched alkanes of at least 4 members (excludes halogenated alkanes) is 1. The molecule has 3 N–H and O–H groups in total. The minimum absolute atomic E-state index is 0.0485. The van der Waals surface area contributed by atoms with E-state index in [0.717, 1.165) is 43.6 Å². The Bertz CT molecular complexity index is 581. The number of hydrogen-bond donors (Lipinski definition) is 2. The van der Waals surface area contributed by atoms with E-state index in [0.29, 0.717) is 11.3 Å². The summed E-state index contributed by atoms with van der Waals surface area (Å²) in [6.07, 6.45) is 19.8. The van der Waals surface area contributed by atoms with Crippen molar-refractivity contribution in [2.75, 3.05) is 6.54 Å². The number of rotatable bonds is 4. The Kier molecular flexibility index (Phi) is 5.11. The molecule has 146 valence electrons. The van der Waals surface area contributed by atoms with Crippen LogP contribution in [0.5, 0.6) is 0 Å². The molecule has 2 heteroatoms. The third-order valence-electron chi connectivity index (χ3n) is 9.06. The molecule has 0 aromatic rings. The van der Waals surface area contributed by atoms with Gasteiger partial charge in [-0.15, -0.1) is 0 Å². The van der Waals surface area contributed by atoms with Crippen molar-refractivity contribution in [3.05, 3.63) is 23.8 Å². The number of aliphatic hydroxyl groups is 1. The molecule has 26 heavy (non-hydrogen) atoms. The molecule has 0 saturated heterocycles. The topological polar surface area (TPSA) is 46.2 Å². The normalized spacial score (nSPS) is 48.0. The van der Waals surface area contributed by atoms with Crippen molar-refractivity contribution >= 4 is 0 Å². The average molecular weight is 358 g/mol. The minimum Gasteiger partial charge on any atom is -0.393 e. The van der Waals surface area contributed by atoms with Gasteiger partial charge in [0.2, 0.25) is 0 Å². The van der Waals surface area contributed by atoms with Gasteiger partial charge in [0, 0.05) is 0 Å². The van der Waals surface area contributed by atoms with Crippen LogP contribution in [0, 0.1) is 34.5 Å². The number of allylic oxidation sites excluding steroid dienone is 4. The molecular weight excluding hydrogens is 318 g/mol. The molecule has 4 rings (SSSR count). The summed E-state index contributed by atoms with van der Waals surface area (Å²) in [5, 5.41) is 10.6. The van der Waals surface area contributed by atoms with E-state index in [4.69, 9.17) is 5.73 Å². The van der Waals surface area contributed by atoms with E-state index in [1.54, 1.807) is 5.57 Å². The van der Waals surface area contributed by atoms with Crippen molar-refractivity contribution < 1.29 is 5.11 Å². The van der Waals surface area contributed by atoms with E-state index < -0.39 is 0 Å². The summed E-state index contributed by atoms with van der Waals surface area (Å²) in [7, 11) is 0. The zero-order valence-corrected chi connectivity index (χ0v) is 16.9. The quantitative estimate of drug-likeness (QED) is 0.535. The summed E-state index contributed by atoms with van der Waals surface area (Å²) in [5.74, 6) is 3.12. The summed E-state index contributed by atoms with van der Waals surface area (Å²) in [4.78, 5) is 0. The third-order valence-corrected chi connectivity index (χ3v) is 9.06. The Morgan fingerprint density at radius 1 is 1.12 bits per heavy atom. The molecule has 2 nitrogen and oxygen atoms in total. The van der Waals surface area contributed by atoms with Crippen LogP contribution in [0.4, 0.5) is 0 Å². The Labute approximate surface area is 160 Å². The van der Waals surface area contributed by atoms with Gasteiger partial charge in [0.05, 0.1) is 6.10 Å². The lowest BCUT2D eigenvalue weighted by atomic mass is 9.47. The van der Waals surface area contributed by atoms with E-state index in [1.165, 1.54) is 44.9 Å². The number of hydrogen-bond acceptors (Lipinski definition) is 2. The van der Waals surface area contributed by atoms with Gasteiger partial charge in [0.1, 0.15) is 0 Å². The Morgan fingerprint density at radius 2 is 1.96 bits per heavy atom. The summed E-state index contributed by atoms with van der Waals surface area (Å²) in [5.41, 5.74) is 8.01. The first-order chi connectivity index (χ1) is 12.5. The van der Waals surface area contributed by atoms with Crippen molar-refractivity contribution in [3.8, 4) is 0 Å². The van der Waals surface area contributed by atoms with Crippen molar-refractivity contribution in [2.45, 2.75) is 84.2 Å². The molecule has 0 aromatic heterocycles. The fourth-order valence-electron chi connectivity index (χ4n) is 7.39. The molecule has 0 amide bonds. The van der Waals surface area contributed by atoms with Crippen molar-refractivity contribution in [1.29, 1.82) is 0 Å². The van der Waals surface area contributed by atoms with Crippen molar-refractivity contribution in [1.82, 2.24) is 0 Å². The van der Waals surface area contributed by atoms with Crippen molar-refractivity contribution in [3.63, 3.8) is 0 Å². The highest BCUT2D eigenvalue weighted by Gasteiger charge is 2.58. The van der Waals surface area contributed by atoms with E-state index >= 15 is 0 Å². The van der Waals surface area contributed by atoms with Crippen LogP contribution in [-0.2, 0) is 0 Å². The second kappa shape index (κ2) is 7.09. The van der Waals surface area contributed by atoms with Gasteiger partial charge in [0.15, 0.2) is 0 Å². The minimum atomic E-state index is -0.0485. The van der Waals surface area contributed by atoms with E-state index in [2.05, 4.69) is 32.1 Å². The Balaban J connectivity index is 1.51. The molecular formula is C24H39NO. The van der Waals surface area contributed by atoms with E-state index in [9.17, 15) is 5.11 Å². The van der Waals surface area contributed by atoms with Gasteiger partial charge in [-0.2, -0.15) is 0 Å². The highest BCUT2D eigenvalue weighted by molar-refractivity contribution is 5.26. The summed E-state index contributed by atoms with van der Waals surface area (Å²) in [6.45, 7) is 5.77. The molecule has 3 saturated carbocycles. The van der Waals surface area contributed by atoms with Gasteiger partial charge >= 0.3 is 0 Å². The lowest BCUT2D eigenvalue weighted by Crippen LogP contribution is -2.51. The van der Waals surface area contributed by atoms with Crippen LogP contribution < -0.4 is 5.73 Å². The van der Waals surface area contributed by atoms with Crippen LogP contribution in [0.1, 0.15) is 78.1 Å². The van der Waals surface area contributed by atoms with Crippen LogP contribution in [0.3, 0.4) is 0 Å².